The molecule has 9 heteroatoms. The maximum absolute atomic E-state index is 12.6. The van der Waals surface area contributed by atoms with E-state index in [-0.39, 0.29) is 29.5 Å². The van der Waals surface area contributed by atoms with Crippen LogP contribution in [-0.2, 0) is 6.61 Å². The predicted molar refractivity (Wildman–Crippen MR) is 127 cm³/mol. The molecule has 0 aliphatic heterocycles. The van der Waals surface area contributed by atoms with Crippen molar-refractivity contribution in [3.05, 3.63) is 87.4 Å². The van der Waals surface area contributed by atoms with E-state index in [2.05, 4.69) is 4.74 Å². The summed E-state index contributed by atoms with van der Waals surface area (Å²) in [5.41, 5.74) is 1.69. The van der Waals surface area contributed by atoms with Gasteiger partial charge in [-0.05, 0) is 54.1 Å². The lowest BCUT2D eigenvalue weighted by Gasteiger charge is -2.12. The second-order valence-electron chi connectivity index (χ2n) is 6.85. The van der Waals surface area contributed by atoms with E-state index in [4.69, 9.17) is 37.4 Å². The van der Waals surface area contributed by atoms with Gasteiger partial charge in [-0.3, -0.25) is 4.79 Å². The molecule has 3 aromatic carbocycles. The third-order valence-electron chi connectivity index (χ3n) is 4.70. The Morgan fingerprint density at radius 3 is 2.38 bits per heavy atom. The van der Waals surface area contributed by atoms with Gasteiger partial charge in [-0.2, -0.15) is 8.78 Å². The van der Waals surface area contributed by atoms with Crippen molar-refractivity contribution < 1.29 is 32.5 Å². The quantitative estimate of drug-likeness (QED) is 0.216. The molecule has 0 bridgehead atoms. The Balaban J connectivity index is 1.76. The van der Waals surface area contributed by atoms with E-state index < -0.39 is 6.61 Å². The molecule has 5 nitrogen and oxygen atoms in total. The highest BCUT2D eigenvalue weighted by Crippen LogP contribution is 2.33. The van der Waals surface area contributed by atoms with Gasteiger partial charge in [0.15, 0.2) is 17.3 Å². The van der Waals surface area contributed by atoms with Crippen molar-refractivity contribution in [2.45, 2.75) is 13.2 Å². The molecule has 0 unspecified atom stereocenters. The summed E-state index contributed by atoms with van der Waals surface area (Å²) in [5.74, 6) is 0.559. The van der Waals surface area contributed by atoms with Gasteiger partial charge in [0.1, 0.15) is 23.1 Å². The molecule has 0 amide bonds. The summed E-state index contributed by atoms with van der Waals surface area (Å²) in [7, 11) is 2.84. The van der Waals surface area contributed by atoms with Crippen LogP contribution in [0, 0.1) is 0 Å². The van der Waals surface area contributed by atoms with Crippen LogP contribution in [0.3, 0.4) is 0 Å². The summed E-state index contributed by atoms with van der Waals surface area (Å²) in [5, 5.41) is 0.692. The number of ether oxygens (including phenoxy) is 4. The number of hydrogen-bond acceptors (Lipinski definition) is 5. The molecule has 0 spiro atoms. The molecule has 34 heavy (non-hydrogen) atoms. The van der Waals surface area contributed by atoms with Gasteiger partial charge in [0.25, 0.3) is 0 Å². The first-order chi connectivity index (χ1) is 16.3. The molecule has 3 aromatic rings. The van der Waals surface area contributed by atoms with Gasteiger partial charge in [-0.1, -0.05) is 41.4 Å². The van der Waals surface area contributed by atoms with Crippen LogP contribution < -0.4 is 18.9 Å². The molecule has 0 saturated carbocycles. The van der Waals surface area contributed by atoms with E-state index >= 15 is 0 Å². The van der Waals surface area contributed by atoms with Crippen LogP contribution in [-0.4, -0.2) is 26.6 Å². The number of carbonyl (C=O) groups is 1. The summed E-state index contributed by atoms with van der Waals surface area (Å²) in [6.07, 6.45) is 2.98. The van der Waals surface area contributed by atoms with Gasteiger partial charge in [0.2, 0.25) is 0 Å². The number of carbonyl (C=O) groups excluding carboxylic acids is 1. The van der Waals surface area contributed by atoms with Gasteiger partial charge in [0.05, 0.1) is 19.2 Å². The topological polar surface area (TPSA) is 54.0 Å². The van der Waals surface area contributed by atoms with Crippen molar-refractivity contribution in [3.63, 3.8) is 0 Å². The van der Waals surface area contributed by atoms with Crippen LogP contribution in [0.4, 0.5) is 8.78 Å². The predicted octanol–water partition coefficient (Wildman–Crippen LogP) is 7.09. The van der Waals surface area contributed by atoms with E-state index in [0.29, 0.717) is 21.5 Å². The van der Waals surface area contributed by atoms with E-state index in [1.165, 1.54) is 31.4 Å². The fourth-order valence-corrected chi connectivity index (χ4v) is 3.39. The molecule has 0 heterocycles. The monoisotopic (exact) mass is 508 g/mol. The molecule has 0 N–H and O–H groups in total. The summed E-state index contributed by atoms with van der Waals surface area (Å²) in [6.45, 7) is -2.85. The largest absolute Gasteiger partial charge is 0.496 e. The van der Waals surface area contributed by atoms with Crippen LogP contribution in [0.1, 0.15) is 21.5 Å². The van der Waals surface area contributed by atoms with Gasteiger partial charge in [0, 0.05) is 11.1 Å². The molecular formula is C25H20Cl2F2O5. The van der Waals surface area contributed by atoms with E-state index in [0.717, 1.165) is 11.1 Å². The zero-order valence-electron chi connectivity index (χ0n) is 18.2. The third-order valence-corrected chi connectivity index (χ3v) is 5.50. The van der Waals surface area contributed by atoms with E-state index in [1.54, 1.807) is 49.6 Å². The standard InChI is InChI=1S/C25H20Cl2F2O5/c1-31-20-10-7-15(12-17(20)14-33-22-5-3-4-18(26)24(22)27)6-9-19(30)16-8-11-21(34-25(28)29)23(13-16)32-2/h3-13,25H,14H2,1-2H3/b9-6+. The molecule has 0 aromatic heterocycles. The third kappa shape index (κ3) is 6.40. The van der Waals surface area contributed by atoms with Gasteiger partial charge in [-0.25, -0.2) is 0 Å². The normalized spacial score (nSPS) is 11.0. The second kappa shape index (κ2) is 11.7. The Morgan fingerprint density at radius 1 is 0.941 bits per heavy atom. The summed E-state index contributed by atoms with van der Waals surface area (Å²) in [6, 6.07) is 14.4. The number of methoxy groups -OCH3 is 2. The number of hydrogen-bond donors (Lipinski definition) is 0. The first kappa shape index (κ1) is 25.3. The van der Waals surface area contributed by atoms with Crippen LogP contribution in [0.15, 0.2) is 60.7 Å². The fraction of sp³-hybridized carbons (Fsp3) is 0.160. The number of benzene rings is 3. The molecule has 0 saturated heterocycles. The average Bonchev–Trinajstić information content (AvgIpc) is 2.83. The molecule has 0 radical (unpaired) electrons. The van der Waals surface area contributed by atoms with Crippen LogP contribution in [0.25, 0.3) is 6.08 Å². The smallest absolute Gasteiger partial charge is 0.387 e. The lowest BCUT2D eigenvalue weighted by Crippen LogP contribution is -2.04. The Bertz CT molecular complexity index is 1200. The van der Waals surface area contributed by atoms with E-state index in [1.807, 2.05) is 0 Å². The molecule has 0 aliphatic rings. The Hall–Kier alpha value is -3.29. The Kier molecular flexibility index (Phi) is 8.73. The Morgan fingerprint density at radius 2 is 1.68 bits per heavy atom. The van der Waals surface area contributed by atoms with Crippen molar-refractivity contribution in [1.29, 1.82) is 0 Å². The van der Waals surface area contributed by atoms with Crippen LogP contribution in [0.2, 0.25) is 10.0 Å². The zero-order valence-corrected chi connectivity index (χ0v) is 19.7. The van der Waals surface area contributed by atoms with Crippen molar-refractivity contribution in [2.75, 3.05) is 14.2 Å². The maximum Gasteiger partial charge on any atom is 0.387 e. The first-order valence-electron chi connectivity index (χ1n) is 9.91. The molecule has 0 aliphatic carbocycles. The number of alkyl halides is 2. The maximum atomic E-state index is 12.6. The lowest BCUT2D eigenvalue weighted by molar-refractivity contribution is -0.0512. The van der Waals surface area contributed by atoms with Crippen LogP contribution in [0.5, 0.6) is 23.0 Å². The number of halogens is 4. The molecule has 0 fully saturated rings. The summed E-state index contributed by atoms with van der Waals surface area (Å²) < 4.78 is 45.6. The first-order valence-corrected chi connectivity index (χ1v) is 10.7. The average molecular weight is 509 g/mol. The number of ketones is 1. The fourth-order valence-electron chi connectivity index (χ4n) is 3.05. The molecule has 3 rings (SSSR count). The van der Waals surface area contributed by atoms with Gasteiger partial charge >= 0.3 is 6.61 Å². The molecular weight excluding hydrogens is 489 g/mol. The van der Waals surface area contributed by atoms with Crippen molar-refractivity contribution >= 4 is 35.1 Å². The molecule has 178 valence electrons. The Labute approximate surface area is 205 Å². The molecule has 0 atom stereocenters. The minimum absolute atomic E-state index is 0.0307. The highest BCUT2D eigenvalue weighted by Gasteiger charge is 2.13. The SMILES string of the molecule is COc1ccc(/C=C/C(=O)c2ccc(OC(F)F)c(OC)c2)cc1COc1cccc(Cl)c1Cl. The number of allylic oxidation sites excluding steroid dienone is 1. The van der Waals surface area contributed by atoms with Gasteiger partial charge in [-0.15, -0.1) is 0 Å². The minimum atomic E-state index is -3.00. The number of rotatable bonds is 10. The minimum Gasteiger partial charge on any atom is -0.496 e. The van der Waals surface area contributed by atoms with E-state index in [9.17, 15) is 13.6 Å². The van der Waals surface area contributed by atoms with Crippen molar-refractivity contribution in [2.24, 2.45) is 0 Å². The summed E-state index contributed by atoms with van der Waals surface area (Å²) in [4.78, 5) is 12.6. The van der Waals surface area contributed by atoms with Crippen molar-refractivity contribution in [3.8, 4) is 23.0 Å². The highest BCUT2D eigenvalue weighted by molar-refractivity contribution is 6.42. The van der Waals surface area contributed by atoms with Gasteiger partial charge < -0.3 is 18.9 Å². The zero-order chi connectivity index (χ0) is 24.7. The van der Waals surface area contributed by atoms with Crippen LogP contribution >= 0.6 is 23.2 Å². The highest BCUT2D eigenvalue weighted by atomic mass is 35.5. The van der Waals surface area contributed by atoms with Crippen molar-refractivity contribution in [1.82, 2.24) is 0 Å². The lowest BCUT2D eigenvalue weighted by atomic mass is 10.1. The summed E-state index contributed by atoms with van der Waals surface area (Å²) >= 11 is 12.2. The second-order valence-corrected chi connectivity index (χ2v) is 7.64.